The van der Waals surface area contributed by atoms with Gasteiger partial charge in [0.25, 0.3) is 0 Å². The van der Waals surface area contributed by atoms with Gasteiger partial charge in [-0.3, -0.25) is 4.98 Å². The minimum atomic E-state index is -3.19. The first-order valence-electron chi connectivity index (χ1n) is 6.14. The van der Waals surface area contributed by atoms with Crippen molar-refractivity contribution in [2.24, 2.45) is 0 Å². The number of aliphatic hydroxyl groups is 1. The number of pyridine rings is 1. The monoisotopic (exact) mass is 312 g/mol. The first-order chi connectivity index (χ1) is 9.46. The third-order valence-corrected chi connectivity index (χ3v) is 5.43. The van der Waals surface area contributed by atoms with E-state index >= 15 is 0 Å². The lowest BCUT2D eigenvalue weighted by Gasteiger charge is -2.17. The summed E-state index contributed by atoms with van der Waals surface area (Å²) in [6, 6.07) is 6.58. The van der Waals surface area contributed by atoms with Crippen molar-refractivity contribution in [2.75, 3.05) is 16.8 Å². The maximum absolute atomic E-state index is 11.5. The highest BCUT2D eigenvalue weighted by atomic mass is 35.5. The van der Waals surface area contributed by atoms with Crippen LogP contribution in [0, 0.1) is 0 Å². The fraction of sp³-hybridized carbons (Fsp3) is 0.308. The highest BCUT2D eigenvalue weighted by molar-refractivity contribution is 7.91. The number of benzene rings is 1. The molecule has 2 aromatic rings. The van der Waals surface area contributed by atoms with E-state index in [9.17, 15) is 13.5 Å². The van der Waals surface area contributed by atoms with Crippen LogP contribution in [0.4, 0.5) is 5.69 Å². The first kappa shape index (κ1) is 13.6. The lowest BCUT2D eigenvalue weighted by molar-refractivity contribution is 0.190. The molecule has 2 heterocycles. The summed E-state index contributed by atoms with van der Waals surface area (Å²) in [5.41, 5.74) is 1.34. The number of halogens is 1. The predicted molar refractivity (Wildman–Crippen MR) is 78.8 cm³/mol. The van der Waals surface area contributed by atoms with Crippen LogP contribution >= 0.6 is 11.6 Å². The molecule has 1 aromatic heterocycles. The zero-order valence-corrected chi connectivity index (χ0v) is 12.0. The van der Waals surface area contributed by atoms with Crippen molar-refractivity contribution < 1.29 is 13.5 Å². The Balaban J connectivity index is 1.98. The minimum absolute atomic E-state index is 0.0783. The summed E-state index contributed by atoms with van der Waals surface area (Å²) >= 11 is 6.11. The van der Waals surface area contributed by atoms with Crippen LogP contribution in [0.15, 0.2) is 30.5 Å². The Morgan fingerprint density at radius 1 is 1.30 bits per heavy atom. The van der Waals surface area contributed by atoms with Gasteiger partial charge in [-0.1, -0.05) is 11.6 Å². The summed E-state index contributed by atoms with van der Waals surface area (Å²) in [6.07, 6.45) is 0.737. The molecule has 7 heteroatoms. The number of sulfone groups is 1. The van der Waals surface area contributed by atoms with Crippen LogP contribution in [0.2, 0.25) is 5.02 Å². The van der Waals surface area contributed by atoms with E-state index in [1.165, 1.54) is 0 Å². The van der Waals surface area contributed by atoms with Crippen LogP contribution < -0.4 is 5.32 Å². The lowest BCUT2D eigenvalue weighted by Crippen LogP contribution is -2.31. The Kier molecular flexibility index (Phi) is 3.32. The van der Waals surface area contributed by atoms with Gasteiger partial charge in [-0.25, -0.2) is 8.42 Å². The van der Waals surface area contributed by atoms with Crippen LogP contribution in [0.25, 0.3) is 10.9 Å². The molecule has 2 atom stereocenters. The summed E-state index contributed by atoms with van der Waals surface area (Å²) in [5, 5.41) is 14.3. The SMILES string of the molecule is O=S1(=O)CC(O)C(Nc2ccc(Cl)c3cccnc23)C1. The molecule has 20 heavy (non-hydrogen) atoms. The maximum atomic E-state index is 11.5. The van der Waals surface area contributed by atoms with Gasteiger partial charge in [-0.2, -0.15) is 0 Å². The standard InChI is InChI=1S/C13H13ClN2O3S/c14-9-3-4-10(13-8(9)2-1-5-15-13)16-11-6-20(18,19)7-12(11)17/h1-5,11-12,16-17H,6-7H2. The normalized spacial score (nSPS) is 24.9. The lowest BCUT2D eigenvalue weighted by atomic mass is 10.1. The van der Waals surface area contributed by atoms with E-state index in [1.54, 1.807) is 24.4 Å². The van der Waals surface area contributed by atoms with Crippen molar-refractivity contribution >= 4 is 38.0 Å². The molecule has 0 radical (unpaired) electrons. The van der Waals surface area contributed by atoms with Crippen molar-refractivity contribution in [1.29, 1.82) is 0 Å². The van der Waals surface area contributed by atoms with Gasteiger partial charge < -0.3 is 10.4 Å². The zero-order valence-electron chi connectivity index (χ0n) is 10.5. The van der Waals surface area contributed by atoms with E-state index in [0.717, 1.165) is 5.39 Å². The van der Waals surface area contributed by atoms with Crippen molar-refractivity contribution in [3.63, 3.8) is 0 Å². The average Bonchev–Trinajstić information content (AvgIpc) is 2.66. The number of fused-ring (bicyclic) bond motifs is 1. The van der Waals surface area contributed by atoms with E-state index in [4.69, 9.17) is 11.6 Å². The zero-order chi connectivity index (χ0) is 14.3. The van der Waals surface area contributed by atoms with Gasteiger partial charge in [-0.05, 0) is 24.3 Å². The van der Waals surface area contributed by atoms with E-state index in [0.29, 0.717) is 16.2 Å². The third-order valence-electron chi connectivity index (χ3n) is 3.38. The Morgan fingerprint density at radius 2 is 2.10 bits per heavy atom. The molecule has 5 nitrogen and oxygen atoms in total. The predicted octanol–water partition coefficient (Wildman–Crippen LogP) is 1.46. The molecule has 2 unspecified atom stereocenters. The van der Waals surface area contributed by atoms with Crippen LogP contribution in [0.1, 0.15) is 0 Å². The van der Waals surface area contributed by atoms with Crippen LogP contribution in [-0.4, -0.2) is 42.2 Å². The molecule has 1 saturated heterocycles. The second-order valence-electron chi connectivity index (χ2n) is 4.89. The number of aliphatic hydroxyl groups excluding tert-OH is 1. The van der Waals surface area contributed by atoms with Crippen LogP contribution in [-0.2, 0) is 9.84 Å². The molecule has 0 aliphatic carbocycles. The number of nitrogens with one attached hydrogen (secondary N) is 1. The third kappa shape index (κ3) is 2.46. The van der Waals surface area contributed by atoms with Gasteiger partial charge >= 0.3 is 0 Å². The summed E-state index contributed by atoms with van der Waals surface area (Å²) in [6.45, 7) is 0. The van der Waals surface area contributed by atoms with Gasteiger partial charge in [0.2, 0.25) is 0 Å². The largest absolute Gasteiger partial charge is 0.390 e. The van der Waals surface area contributed by atoms with Crippen molar-refractivity contribution in [2.45, 2.75) is 12.1 Å². The highest BCUT2D eigenvalue weighted by Crippen LogP contribution is 2.29. The molecule has 1 aliphatic rings. The van der Waals surface area contributed by atoms with Gasteiger partial charge in [0.1, 0.15) is 0 Å². The summed E-state index contributed by atoms with van der Waals surface area (Å²) in [5.74, 6) is -0.283. The number of rotatable bonds is 2. The molecular weight excluding hydrogens is 300 g/mol. The van der Waals surface area contributed by atoms with Crippen LogP contribution in [0.3, 0.4) is 0 Å². The Morgan fingerprint density at radius 3 is 2.80 bits per heavy atom. The van der Waals surface area contributed by atoms with Gasteiger partial charge in [0, 0.05) is 11.6 Å². The molecule has 0 saturated carbocycles. The summed E-state index contributed by atoms with van der Waals surface area (Å²) in [4.78, 5) is 4.27. The van der Waals surface area contributed by atoms with E-state index in [2.05, 4.69) is 10.3 Å². The molecule has 0 spiro atoms. The summed E-state index contributed by atoms with van der Waals surface area (Å²) in [7, 11) is -3.19. The van der Waals surface area contributed by atoms with Crippen molar-refractivity contribution in [3.05, 3.63) is 35.5 Å². The van der Waals surface area contributed by atoms with E-state index < -0.39 is 22.0 Å². The summed E-state index contributed by atoms with van der Waals surface area (Å²) < 4.78 is 23.0. The fourth-order valence-corrected chi connectivity index (χ4v) is 4.38. The molecule has 0 bridgehead atoms. The molecule has 0 amide bonds. The Hall–Kier alpha value is -1.37. The average molecular weight is 313 g/mol. The number of anilines is 1. The molecule has 1 aromatic carbocycles. The maximum Gasteiger partial charge on any atom is 0.155 e. The fourth-order valence-electron chi connectivity index (χ4n) is 2.42. The van der Waals surface area contributed by atoms with E-state index in [-0.39, 0.29) is 11.5 Å². The topological polar surface area (TPSA) is 79.3 Å². The van der Waals surface area contributed by atoms with Crippen molar-refractivity contribution in [1.82, 2.24) is 4.98 Å². The van der Waals surface area contributed by atoms with Crippen LogP contribution in [0.5, 0.6) is 0 Å². The second-order valence-corrected chi connectivity index (χ2v) is 7.45. The quantitative estimate of drug-likeness (QED) is 0.877. The molecule has 1 aliphatic heterocycles. The van der Waals surface area contributed by atoms with E-state index in [1.807, 2.05) is 6.07 Å². The first-order valence-corrected chi connectivity index (χ1v) is 8.34. The Bertz CT molecular complexity index is 763. The molecule has 106 valence electrons. The van der Waals surface area contributed by atoms with Crippen molar-refractivity contribution in [3.8, 4) is 0 Å². The van der Waals surface area contributed by atoms with Gasteiger partial charge in [-0.15, -0.1) is 0 Å². The number of hydrogen-bond donors (Lipinski definition) is 2. The molecule has 1 fully saturated rings. The number of aromatic nitrogens is 1. The molecular formula is C13H13ClN2O3S. The highest BCUT2D eigenvalue weighted by Gasteiger charge is 2.36. The Labute approximate surface area is 121 Å². The molecule has 3 rings (SSSR count). The van der Waals surface area contributed by atoms with Gasteiger partial charge in [0.05, 0.1) is 39.9 Å². The minimum Gasteiger partial charge on any atom is -0.390 e. The smallest absolute Gasteiger partial charge is 0.155 e. The molecule has 2 N–H and O–H groups in total. The number of nitrogens with zero attached hydrogens (tertiary/aromatic N) is 1. The second kappa shape index (κ2) is 4.87. The number of hydrogen-bond acceptors (Lipinski definition) is 5. The van der Waals surface area contributed by atoms with Gasteiger partial charge in [0.15, 0.2) is 9.84 Å².